The van der Waals surface area contributed by atoms with Gasteiger partial charge in [-0.2, -0.15) is 0 Å². The third-order valence-electron chi connectivity index (χ3n) is 3.65. The Morgan fingerprint density at radius 3 is 2.89 bits per heavy atom. The Kier molecular flexibility index (Phi) is 5.23. The van der Waals surface area contributed by atoms with E-state index < -0.39 is 0 Å². The summed E-state index contributed by atoms with van der Waals surface area (Å²) in [5.74, 6) is 0.395. The fourth-order valence-corrected chi connectivity index (χ4v) is 2.79. The van der Waals surface area contributed by atoms with Gasteiger partial charge in [-0.15, -0.1) is 0 Å². The zero-order valence-corrected chi connectivity index (χ0v) is 11.7. The van der Waals surface area contributed by atoms with E-state index in [0.717, 1.165) is 31.2 Å². The van der Waals surface area contributed by atoms with Crippen LogP contribution in [0.2, 0.25) is 5.02 Å². The van der Waals surface area contributed by atoms with Crippen LogP contribution < -0.4 is 5.32 Å². The first kappa shape index (κ1) is 14.4. The molecule has 0 heterocycles. The number of aliphatic hydroxyl groups excluding tert-OH is 1. The van der Waals surface area contributed by atoms with Crippen molar-refractivity contribution >= 4 is 17.5 Å². The van der Waals surface area contributed by atoms with Crippen LogP contribution in [-0.2, 0) is 11.2 Å². The van der Waals surface area contributed by atoms with E-state index in [-0.39, 0.29) is 12.0 Å². The Hall–Kier alpha value is -1.06. The molecule has 1 amide bonds. The second kappa shape index (κ2) is 6.92. The smallest absolute Gasteiger partial charge is 0.224 e. The van der Waals surface area contributed by atoms with Crippen LogP contribution in [0.25, 0.3) is 0 Å². The molecule has 1 aliphatic carbocycles. The molecule has 1 aromatic carbocycles. The number of carbonyl (C=O) groups excluding carboxylic acids is 1. The second-order valence-electron chi connectivity index (χ2n) is 5.26. The van der Waals surface area contributed by atoms with Gasteiger partial charge in [0, 0.05) is 11.6 Å². The number of carbonyl (C=O) groups is 1. The van der Waals surface area contributed by atoms with Crippen molar-refractivity contribution in [2.24, 2.45) is 5.92 Å². The molecule has 1 fully saturated rings. The fourth-order valence-electron chi connectivity index (χ4n) is 2.58. The zero-order valence-electron chi connectivity index (χ0n) is 10.9. The van der Waals surface area contributed by atoms with Crippen molar-refractivity contribution in [3.8, 4) is 0 Å². The molecule has 1 aliphatic rings. The summed E-state index contributed by atoms with van der Waals surface area (Å²) in [5, 5.41) is 13.2. The van der Waals surface area contributed by atoms with Gasteiger partial charge in [-0.3, -0.25) is 4.79 Å². The number of aliphatic hydroxyl groups is 1. The van der Waals surface area contributed by atoms with Gasteiger partial charge in [-0.25, -0.2) is 0 Å². The predicted molar refractivity (Wildman–Crippen MR) is 76.1 cm³/mol. The third-order valence-corrected chi connectivity index (χ3v) is 4.02. The molecule has 2 unspecified atom stereocenters. The van der Waals surface area contributed by atoms with Crippen LogP contribution in [0, 0.1) is 5.92 Å². The largest absolute Gasteiger partial charge is 0.393 e. The van der Waals surface area contributed by atoms with Crippen LogP contribution in [-0.4, -0.2) is 23.7 Å². The summed E-state index contributed by atoms with van der Waals surface area (Å²) in [6.45, 7) is 0.653. The van der Waals surface area contributed by atoms with Crippen molar-refractivity contribution in [1.82, 2.24) is 5.32 Å². The molecule has 104 valence electrons. The van der Waals surface area contributed by atoms with Gasteiger partial charge < -0.3 is 10.4 Å². The van der Waals surface area contributed by atoms with Crippen molar-refractivity contribution in [2.45, 2.75) is 38.2 Å². The van der Waals surface area contributed by atoms with Crippen LogP contribution in [0.5, 0.6) is 0 Å². The Morgan fingerprint density at radius 2 is 2.16 bits per heavy atom. The maximum Gasteiger partial charge on any atom is 0.224 e. The van der Waals surface area contributed by atoms with Crippen molar-refractivity contribution in [2.75, 3.05) is 6.54 Å². The average molecular weight is 282 g/mol. The highest BCUT2D eigenvalue weighted by atomic mass is 35.5. The van der Waals surface area contributed by atoms with E-state index in [4.69, 9.17) is 11.6 Å². The van der Waals surface area contributed by atoms with E-state index in [1.54, 1.807) is 6.07 Å². The van der Waals surface area contributed by atoms with Gasteiger partial charge in [0.25, 0.3) is 0 Å². The minimum Gasteiger partial charge on any atom is -0.393 e. The zero-order chi connectivity index (χ0) is 13.7. The number of hydrogen-bond donors (Lipinski definition) is 2. The van der Waals surface area contributed by atoms with Gasteiger partial charge in [-0.05, 0) is 36.8 Å². The van der Waals surface area contributed by atoms with Gasteiger partial charge in [0.05, 0.1) is 12.5 Å². The topological polar surface area (TPSA) is 49.3 Å². The number of hydrogen-bond acceptors (Lipinski definition) is 2. The highest BCUT2D eigenvalue weighted by Gasteiger charge is 2.20. The SMILES string of the molecule is O=C(Cc1ccccc1Cl)NCC1CCCC(O)C1. The molecule has 1 saturated carbocycles. The number of halogens is 1. The highest BCUT2D eigenvalue weighted by molar-refractivity contribution is 6.31. The Balaban J connectivity index is 1.77. The normalized spacial score (nSPS) is 23.1. The molecule has 19 heavy (non-hydrogen) atoms. The van der Waals surface area contributed by atoms with E-state index >= 15 is 0 Å². The quantitative estimate of drug-likeness (QED) is 0.891. The van der Waals surface area contributed by atoms with Crippen molar-refractivity contribution in [1.29, 1.82) is 0 Å². The molecule has 0 saturated heterocycles. The minimum absolute atomic E-state index is 0.00633. The second-order valence-corrected chi connectivity index (χ2v) is 5.67. The van der Waals surface area contributed by atoms with E-state index in [0.29, 0.717) is 23.9 Å². The van der Waals surface area contributed by atoms with Gasteiger partial charge in [0.2, 0.25) is 5.91 Å². The molecule has 4 heteroatoms. The lowest BCUT2D eigenvalue weighted by atomic mass is 9.87. The van der Waals surface area contributed by atoms with Gasteiger partial charge in [0.1, 0.15) is 0 Å². The van der Waals surface area contributed by atoms with Gasteiger partial charge >= 0.3 is 0 Å². The van der Waals surface area contributed by atoms with E-state index in [9.17, 15) is 9.90 Å². The van der Waals surface area contributed by atoms with Gasteiger partial charge in [-0.1, -0.05) is 36.2 Å². The molecule has 0 spiro atoms. The van der Waals surface area contributed by atoms with Crippen LogP contribution in [0.4, 0.5) is 0 Å². The molecule has 0 aromatic heterocycles. The first-order valence-corrected chi connectivity index (χ1v) is 7.21. The Labute approximate surface area is 119 Å². The average Bonchev–Trinajstić information content (AvgIpc) is 2.39. The number of nitrogens with one attached hydrogen (secondary N) is 1. The lowest BCUT2D eigenvalue weighted by molar-refractivity contribution is -0.120. The van der Waals surface area contributed by atoms with Crippen molar-refractivity contribution in [3.05, 3.63) is 34.9 Å². The molecule has 0 radical (unpaired) electrons. The number of benzene rings is 1. The summed E-state index contributed by atoms with van der Waals surface area (Å²) in [6.07, 6.45) is 3.94. The summed E-state index contributed by atoms with van der Waals surface area (Å²) >= 11 is 6.02. The summed E-state index contributed by atoms with van der Waals surface area (Å²) in [5.41, 5.74) is 0.852. The van der Waals surface area contributed by atoms with Crippen molar-refractivity contribution in [3.63, 3.8) is 0 Å². The van der Waals surface area contributed by atoms with Gasteiger partial charge in [0.15, 0.2) is 0 Å². The van der Waals surface area contributed by atoms with Crippen LogP contribution >= 0.6 is 11.6 Å². The lowest BCUT2D eigenvalue weighted by Crippen LogP contribution is -2.33. The molecule has 0 bridgehead atoms. The summed E-state index contributed by atoms with van der Waals surface area (Å²) in [4.78, 5) is 11.9. The van der Waals surface area contributed by atoms with Crippen LogP contribution in [0.3, 0.4) is 0 Å². The van der Waals surface area contributed by atoms with Crippen LogP contribution in [0.15, 0.2) is 24.3 Å². The number of rotatable bonds is 4. The van der Waals surface area contributed by atoms with Crippen LogP contribution in [0.1, 0.15) is 31.2 Å². The summed E-state index contributed by atoms with van der Waals surface area (Å²) in [6, 6.07) is 7.40. The lowest BCUT2D eigenvalue weighted by Gasteiger charge is -2.25. The van der Waals surface area contributed by atoms with E-state index in [1.165, 1.54) is 0 Å². The summed E-state index contributed by atoms with van der Waals surface area (Å²) < 4.78 is 0. The number of amides is 1. The van der Waals surface area contributed by atoms with Crippen molar-refractivity contribution < 1.29 is 9.90 Å². The minimum atomic E-state index is -0.195. The van der Waals surface area contributed by atoms with E-state index in [1.807, 2.05) is 18.2 Å². The monoisotopic (exact) mass is 281 g/mol. The maximum absolute atomic E-state index is 11.9. The molecule has 2 rings (SSSR count). The molecule has 0 aliphatic heterocycles. The Bertz CT molecular complexity index is 436. The molecule has 2 N–H and O–H groups in total. The fraction of sp³-hybridized carbons (Fsp3) is 0.533. The molecule has 2 atom stereocenters. The first-order valence-electron chi connectivity index (χ1n) is 6.83. The highest BCUT2D eigenvalue weighted by Crippen LogP contribution is 2.23. The molecular formula is C15H20ClNO2. The Morgan fingerprint density at radius 1 is 1.37 bits per heavy atom. The molecular weight excluding hydrogens is 262 g/mol. The third kappa shape index (κ3) is 4.51. The predicted octanol–water partition coefficient (Wildman–Crippen LogP) is 2.55. The maximum atomic E-state index is 11.9. The summed E-state index contributed by atoms with van der Waals surface area (Å²) in [7, 11) is 0. The van der Waals surface area contributed by atoms with E-state index in [2.05, 4.69) is 5.32 Å². The standard InChI is InChI=1S/C15H20ClNO2/c16-14-7-2-1-5-12(14)9-15(19)17-10-11-4-3-6-13(18)8-11/h1-2,5,7,11,13,18H,3-4,6,8-10H2,(H,17,19). The first-order chi connectivity index (χ1) is 9.15. The molecule has 3 nitrogen and oxygen atoms in total. The molecule has 1 aromatic rings.